The lowest BCUT2D eigenvalue weighted by Crippen LogP contribution is -2.19. The first-order valence-corrected chi connectivity index (χ1v) is 5.24. The van der Waals surface area contributed by atoms with E-state index in [1.807, 2.05) is 13.0 Å². The van der Waals surface area contributed by atoms with Crippen LogP contribution >= 0.6 is 11.6 Å². The molecule has 0 atom stereocenters. The average Bonchev–Trinajstić information content (AvgIpc) is 2.18. The highest BCUT2D eigenvalue weighted by atomic mass is 35.5. The van der Waals surface area contributed by atoms with Crippen molar-refractivity contribution in [3.8, 4) is 0 Å². The smallest absolute Gasteiger partial charge is 0.166 e. The number of carbonyl (C=O) groups is 1. The van der Waals surface area contributed by atoms with Gasteiger partial charge in [-0.25, -0.2) is 0 Å². The van der Waals surface area contributed by atoms with Crippen molar-refractivity contribution in [1.82, 2.24) is 0 Å². The van der Waals surface area contributed by atoms with E-state index in [1.54, 1.807) is 6.07 Å². The number of fused-ring (bicyclic) bond motifs is 1. The van der Waals surface area contributed by atoms with Crippen LogP contribution in [0.15, 0.2) is 18.7 Å². The fourth-order valence-electron chi connectivity index (χ4n) is 1.79. The van der Waals surface area contributed by atoms with E-state index >= 15 is 0 Å². The predicted molar refractivity (Wildman–Crippen MR) is 63.6 cm³/mol. The van der Waals surface area contributed by atoms with E-state index in [9.17, 15) is 4.79 Å². The number of halogens is 1. The Morgan fingerprint density at radius 3 is 2.93 bits per heavy atom. The Kier molecular flexibility index (Phi) is 2.53. The first-order valence-electron chi connectivity index (χ1n) is 4.86. The fraction of sp³-hybridized carbons (Fsp3) is 0.250. The molecule has 1 N–H and O–H groups in total. The molecule has 15 heavy (non-hydrogen) atoms. The van der Waals surface area contributed by atoms with Crippen LogP contribution in [0.2, 0.25) is 5.02 Å². The summed E-state index contributed by atoms with van der Waals surface area (Å²) in [5.41, 5.74) is 3.41. The van der Waals surface area contributed by atoms with Gasteiger partial charge in [-0.3, -0.25) is 4.79 Å². The van der Waals surface area contributed by atoms with Gasteiger partial charge in [-0.2, -0.15) is 0 Å². The summed E-state index contributed by atoms with van der Waals surface area (Å²) in [6.45, 7) is 6.49. The van der Waals surface area contributed by atoms with Gasteiger partial charge in [0.15, 0.2) is 5.78 Å². The molecule has 0 saturated heterocycles. The minimum Gasteiger partial charge on any atom is -0.384 e. The first kappa shape index (κ1) is 10.2. The van der Waals surface area contributed by atoms with Crippen molar-refractivity contribution in [2.24, 2.45) is 0 Å². The van der Waals surface area contributed by atoms with Crippen molar-refractivity contribution in [2.75, 3.05) is 11.9 Å². The van der Waals surface area contributed by atoms with E-state index < -0.39 is 0 Å². The fourth-order valence-corrected chi connectivity index (χ4v) is 2.01. The van der Waals surface area contributed by atoms with E-state index in [2.05, 4.69) is 11.9 Å². The first-order chi connectivity index (χ1) is 7.09. The zero-order chi connectivity index (χ0) is 11.0. The van der Waals surface area contributed by atoms with Crippen molar-refractivity contribution in [3.63, 3.8) is 0 Å². The summed E-state index contributed by atoms with van der Waals surface area (Å²) in [7, 11) is 0. The Balaban J connectivity index is 2.67. The van der Waals surface area contributed by atoms with Crippen LogP contribution in [0, 0.1) is 0 Å². The van der Waals surface area contributed by atoms with Crippen molar-refractivity contribution in [1.29, 1.82) is 0 Å². The Morgan fingerprint density at radius 2 is 2.27 bits per heavy atom. The van der Waals surface area contributed by atoms with Gasteiger partial charge in [-0.15, -0.1) is 0 Å². The van der Waals surface area contributed by atoms with Gasteiger partial charge in [0.05, 0.1) is 5.69 Å². The summed E-state index contributed by atoms with van der Waals surface area (Å²) >= 11 is 5.97. The number of benzene rings is 1. The summed E-state index contributed by atoms with van der Waals surface area (Å²) < 4.78 is 0. The zero-order valence-electron chi connectivity index (χ0n) is 8.56. The molecule has 1 aliphatic heterocycles. The highest BCUT2D eigenvalue weighted by Gasteiger charge is 2.20. The molecule has 1 heterocycles. The maximum atomic E-state index is 11.7. The number of rotatable bonds is 1. The van der Waals surface area contributed by atoms with Crippen molar-refractivity contribution < 1.29 is 4.79 Å². The lowest BCUT2D eigenvalue weighted by atomic mass is 9.95. The summed E-state index contributed by atoms with van der Waals surface area (Å²) in [6.07, 6.45) is 0.531. The molecule has 1 aliphatic rings. The lowest BCUT2D eigenvalue weighted by Gasteiger charge is -2.20. The van der Waals surface area contributed by atoms with Crippen LogP contribution in [0.5, 0.6) is 0 Å². The monoisotopic (exact) mass is 221 g/mol. The number of anilines is 1. The molecule has 2 rings (SSSR count). The third-order valence-electron chi connectivity index (χ3n) is 2.52. The van der Waals surface area contributed by atoms with Crippen molar-refractivity contribution in [3.05, 3.63) is 34.9 Å². The van der Waals surface area contributed by atoms with E-state index in [0.29, 0.717) is 23.6 Å². The molecular formula is C12H12ClNO. The van der Waals surface area contributed by atoms with Crippen LogP contribution in [-0.4, -0.2) is 12.3 Å². The molecule has 78 valence electrons. The Morgan fingerprint density at radius 1 is 1.53 bits per heavy atom. The van der Waals surface area contributed by atoms with Gasteiger partial charge in [0, 0.05) is 29.1 Å². The second-order valence-corrected chi connectivity index (χ2v) is 4.19. The molecule has 0 radical (unpaired) electrons. The van der Waals surface area contributed by atoms with Crippen molar-refractivity contribution in [2.45, 2.75) is 13.3 Å². The van der Waals surface area contributed by atoms with Gasteiger partial charge in [0.2, 0.25) is 0 Å². The molecule has 0 aliphatic carbocycles. The van der Waals surface area contributed by atoms with E-state index in [-0.39, 0.29) is 5.78 Å². The quantitative estimate of drug-likeness (QED) is 0.788. The number of allylic oxidation sites excluding steroid dienone is 1. The maximum absolute atomic E-state index is 11.7. The van der Waals surface area contributed by atoms with Gasteiger partial charge in [-0.1, -0.05) is 18.2 Å². The van der Waals surface area contributed by atoms with Crippen LogP contribution in [0.3, 0.4) is 0 Å². The number of carbonyl (C=O) groups excluding carboxylic acids is 1. The van der Waals surface area contributed by atoms with Crippen LogP contribution < -0.4 is 5.32 Å². The molecule has 1 aromatic carbocycles. The number of hydrogen-bond acceptors (Lipinski definition) is 2. The topological polar surface area (TPSA) is 29.1 Å². The largest absolute Gasteiger partial charge is 0.384 e. The van der Waals surface area contributed by atoms with Crippen molar-refractivity contribution >= 4 is 28.6 Å². The Bertz CT molecular complexity index is 434. The standard InChI is InChI=1S/C12H12ClNO/c1-7(2)9-5-8(13)6-10-11(15)3-4-14-12(9)10/h5-6,14H,1,3-4H2,2H3. The van der Waals surface area contributed by atoms with Crippen LogP contribution in [-0.2, 0) is 0 Å². The SMILES string of the molecule is C=C(C)c1cc(Cl)cc2c1NCCC2=O. The molecular weight excluding hydrogens is 210 g/mol. The number of hydrogen-bond donors (Lipinski definition) is 1. The van der Waals surface area contributed by atoms with Gasteiger partial charge in [-0.05, 0) is 24.6 Å². The van der Waals surface area contributed by atoms with Gasteiger partial charge < -0.3 is 5.32 Å². The third-order valence-corrected chi connectivity index (χ3v) is 2.74. The summed E-state index contributed by atoms with van der Waals surface area (Å²) in [4.78, 5) is 11.7. The summed E-state index contributed by atoms with van der Waals surface area (Å²) in [5.74, 6) is 0.147. The zero-order valence-corrected chi connectivity index (χ0v) is 9.32. The van der Waals surface area contributed by atoms with E-state index in [1.165, 1.54) is 0 Å². The second-order valence-electron chi connectivity index (χ2n) is 3.76. The minimum absolute atomic E-state index is 0.147. The highest BCUT2D eigenvalue weighted by molar-refractivity contribution is 6.31. The molecule has 0 fully saturated rings. The summed E-state index contributed by atoms with van der Waals surface area (Å²) in [6, 6.07) is 3.56. The van der Waals surface area contributed by atoms with Gasteiger partial charge in [0.25, 0.3) is 0 Å². The predicted octanol–water partition coefficient (Wildman–Crippen LogP) is 3.37. The minimum atomic E-state index is 0.147. The highest BCUT2D eigenvalue weighted by Crippen LogP contribution is 2.33. The molecule has 0 bridgehead atoms. The molecule has 0 amide bonds. The average molecular weight is 222 g/mol. The van der Waals surface area contributed by atoms with Gasteiger partial charge in [0.1, 0.15) is 0 Å². The molecule has 3 heteroatoms. The molecule has 2 nitrogen and oxygen atoms in total. The molecule has 0 aromatic heterocycles. The van der Waals surface area contributed by atoms with E-state index in [4.69, 9.17) is 11.6 Å². The van der Waals surface area contributed by atoms with Crippen LogP contribution in [0.4, 0.5) is 5.69 Å². The molecule has 0 spiro atoms. The molecule has 0 saturated carbocycles. The maximum Gasteiger partial charge on any atom is 0.166 e. The molecule has 1 aromatic rings. The number of nitrogens with one attached hydrogen (secondary N) is 1. The lowest BCUT2D eigenvalue weighted by molar-refractivity contribution is 0.0983. The number of ketones is 1. The Labute approximate surface area is 93.9 Å². The van der Waals surface area contributed by atoms with Gasteiger partial charge >= 0.3 is 0 Å². The second kappa shape index (κ2) is 3.70. The summed E-state index contributed by atoms with van der Waals surface area (Å²) in [5, 5.41) is 3.82. The number of Topliss-reactive ketones (excluding diaryl/α,β-unsaturated/α-hetero) is 1. The normalized spacial score (nSPS) is 14.4. The third kappa shape index (κ3) is 1.77. The molecule has 0 unspecified atom stereocenters. The Hall–Kier alpha value is -1.28. The van der Waals surface area contributed by atoms with Crippen LogP contribution in [0.1, 0.15) is 29.3 Å². The van der Waals surface area contributed by atoms with E-state index in [0.717, 1.165) is 16.8 Å². The van der Waals surface area contributed by atoms with Crippen LogP contribution in [0.25, 0.3) is 5.57 Å².